The van der Waals surface area contributed by atoms with Gasteiger partial charge in [-0.25, -0.2) is 4.99 Å². The van der Waals surface area contributed by atoms with Crippen LogP contribution in [-0.2, 0) is 11.2 Å². The van der Waals surface area contributed by atoms with E-state index in [1.807, 2.05) is 24.3 Å². The number of amides is 1. The van der Waals surface area contributed by atoms with E-state index in [1.165, 1.54) is 19.8 Å². The molecule has 6 nitrogen and oxygen atoms in total. The minimum absolute atomic E-state index is 0.263. The van der Waals surface area contributed by atoms with Crippen molar-refractivity contribution in [3.63, 3.8) is 0 Å². The number of rotatable bonds is 6. The number of nitrogens with one attached hydrogen (secondary N) is 1. The van der Waals surface area contributed by atoms with Crippen LogP contribution in [0, 0.1) is 0 Å². The summed E-state index contributed by atoms with van der Waals surface area (Å²) in [6.07, 6.45) is 2.63. The number of aryl methyl sites for hydroxylation is 1. The number of hydrogen-bond acceptors (Lipinski definition) is 5. The number of ether oxygens (including phenoxy) is 3. The molecule has 0 bridgehead atoms. The van der Waals surface area contributed by atoms with E-state index in [9.17, 15) is 4.79 Å². The Morgan fingerprint density at radius 3 is 2.26 bits per heavy atom. The third kappa shape index (κ3) is 3.65. The first-order chi connectivity index (χ1) is 13.1. The molecule has 0 saturated carbocycles. The lowest BCUT2D eigenvalue weighted by Gasteiger charge is -2.14. The summed E-state index contributed by atoms with van der Waals surface area (Å²) in [5.41, 5.74) is 3.07. The lowest BCUT2D eigenvalue weighted by molar-refractivity contribution is -0.115. The lowest BCUT2D eigenvalue weighted by atomic mass is 10.1. The second-order valence-electron chi connectivity index (χ2n) is 5.92. The fraction of sp³-hybridized carbons (Fsp3) is 0.238. The zero-order valence-corrected chi connectivity index (χ0v) is 15.8. The van der Waals surface area contributed by atoms with Crippen LogP contribution in [-0.4, -0.2) is 33.1 Å². The van der Waals surface area contributed by atoms with Crippen LogP contribution in [0.2, 0.25) is 0 Å². The van der Waals surface area contributed by atoms with Crippen molar-refractivity contribution in [2.75, 3.05) is 21.3 Å². The Balaban J connectivity index is 1.99. The third-order valence-corrected chi connectivity index (χ3v) is 4.36. The van der Waals surface area contributed by atoms with E-state index in [0.29, 0.717) is 34.3 Å². The Kier molecular flexibility index (Phi) is 5.45. The monoisotopic (exact) mass is 366 g/mol. The minimum atomic E-state index is -0.263. The van der Waals surface area contributed by atoms with Gasteiger partial charge in [-0.05, 0) is 30.2 Å². The maximum absolute atomic E-state index is 12.4. The highest BCUT2D eigenvalue weighted by molar-refractivity contribution is 6.19. The highest BCUT2D eigenvalue weighted by Crippen LogP contribution is 2.40. The van der Waals surface area contributed by atoms with Crippen LogP contribution in [0.25, 0.3) is 6.08 Å². The molecule has 0 aromatic heterocycles. The van der Waals surface area contributed by atoms with Gasteiger partial charge in [-0.3, -0.25) is 4.79 Å². The molecule has 0 unspecified atom stereocenters. The molecule has 2 aromatic carbocycles. The molecule has 0 fully saturated rings. The van der Waals surface area contributed by atoms with Crippen LogP contribution in [0.1, 0.15) is 23.6 Å². The summed E-state index contributed by atoms with van der Waals surface area (Å²) in [5.74, 6) is 1.77. The lowest BCUT2D eigenvalue weighted by Crippen LogP contribution is -2.24. The molecule has 1 N–H and O–H groups in total. The quantitative estimate of drug-likeness (QED) is 0.797. The van der Waals surface area contributed by atoms with Crippen LogP contribution in [0.5, 0.6) is 17.2 Å². The van der Waals surface area contributed by atoms with Gasteiger partial charge in [0.1, 0.15) is 11.5 Å². The van der Waals surface area contributed by atoms with Gasteiger partial charge in [-0.2, -0.15) is 0 Å². The standard InChI is InChI=1S/C21H22N2O4/c1-5-13-6-8-14(9-7-13)20-22-16(21(24)23-20)12-15-10-11-17(25-2)19(27-4)18(15)26-3/h6-12H,5H2,1-4H3,(H,22,23,24). The number of carbonyl (C=O) groups is 1. The third-order valence-electron chi connectivity index (χ3n) is 4.36. The van der Waals surface area contributed by atoms with Crippen molar-refractivity contribution < 1.29 is 19.0 Å². The second-order valence-corrected chi connectivity index (χ2v) is 5.92. The van der Waals surface area contributed by atoms with Gasteiger partial charge >= 0.3 is 0 Å². The fourth-order valence-electron chi connectivity index (χ4n) is 2.89. The van der Waals surface area contributed by atoms with Crippen LogP contribution >= 0.6 is 0 Å². The van der Waals surface area contributed by atoms with E-state index in [4.69, 9.17) is 14.2 Å². The zero-order valence-electron chi connectivity index (χ0n) is 15.8. The van der Waals surface area contributed by atoms with Gasteiger partial charge in [0.05, 0.1) is 21.3 Å². The number of methoxy groups -OCH3 is 3. The Labute approximate surface area is 158 Å². The summed E-state index contributed by atoms with van der Waals surface area (Å²) >= 11 is 0. The van der Waals surface area contributed by atoms with Crippen molar-refractivity contribution in [1.82, 2.24) is 5.32 Å². The van der Waals surface area contributed by atoms with Gasteiger partial charge in [0.25, 0.3) is 5.91 Å². The van der Waals surface area contributed by atoms with E-state index in [2.05, 4.69) is 17.2 Å². The summed E-state index contributed by atoms with van der Waals surface area (Å²) < 4.78 is 16.1. The molecular weight excluding hydrogens is 344 g/mol. The molecule has 1 aliphatic heterocycles. The molecule has 0 atom stereocenters. The number of aliphatic imine (C=N–C) groups is 1. The molecular formula is C21H22N2O4. The van der Waals surface area contributed by atoms with Gasteiger partial charge in [0, 0.05) is 11.1 Å². The first kappa shape index (κ1) is 18.5. The van der Waals surface area contributed by atoms with E-state index in [0.717, 1.165) is 12.0 Å². The van der Waals surface area contributed by atoms with E-state index in [-0.39, 0.29) is 5.91 Å². The average molecular weight is 366 g/mol. The average Bonchev–Trinajstić information content (AvgIpc) is 3.07. The Hall–Kier alpha value is -3.28. The number of nitrogens with zero attached hydrogens (tertiary/aromatic N) is 1. The Morgan fingerprint density at radius 2 is 1.67 bits per heavy atom. The van der Waals surface area contributed by atoms with Crippen molar-refractivity contribution in [2.24, 2.45) is 4.99 Å². The number of benzene rings is 2. The molecule has 6 heteroatoms. The van der Waals surface area contributed by atoms with Crippen molar-refractivity contribution in [1.29, 1.82) is 0 Å². The number of carbonyl (C=O) groups excluding carboxylic acids is 1. The van der Waals surface area contributed by atoms with Gasteiger partial charge in [-0.1, -0.05) is 31.2 Å². The highest BCUT2D eigenvalue weighted by atomic mass is 16.5. The van der Waals surface area contributed by atoms with Gasteiger partial charge in [0.15, 0.2) is 11.5 Å². The van der Waals surface area contributed by atoms with Gasteiger partial charge < -0.3 is 19.5 Å². The molecule has 2 aromatic rings. The van der Waals surface area contributed by atoms with Crippen LogP contribution in [0.3, 0.4) is 0 Å². The second kappa shape index (κ2) is 7.95. The number of hydrogen-bond donors (Lipinski definition) is 1. The largest absolute Gasteiger partial charge is 0.493 e. The van der Waals surface area contributed by atoms with Crippen LogP contribution in [0.4, 0.5) is 0 Å². The summed E-state index contributed by atoms with van der Waals surface area (Å²) in [7, 11) is 4.63. The van der Waals surface area contributed by atoms with Crippen molar-refractivity contribution in [3.8, 4) is 17.2 Å². The van der Waals surface area contributed by atoms with Crippen LogP contribution in [0.15, 0.2) is 47.1 Å². The van der Waals surface area contributed by atoms with Crippen molar-refractivity contribution in [3.05, 3.63) is 58.8 Å². The maximum atomic E-state index is 12.4. The summed E-state index contributed by atoms with van der Waals surface area (Å²) in [4.78, 5) is 16.8. The molecule has 0 spiro atoms. The SMILES string of the molecule is CCc1ccc(C2=NC(=Cc3ccc(OC)c(OC)c3OC)C(=O)N2)cc1. The van der Waals surface area contributed by atoms with Crippen molar-refractivity contribution >= 4 is 17.8 Å². The smallest absolute Gasteiger partial charge is 0.275 e. The predicted octanol–water partition coefficient (Wildman–Crippen LogP) is 3.19. The Bertz CT molecular complexity index is 915. The molecule has 0 saturated heterocycles. The summed E-state index contributed by atoms with van der Waals surface area (Å²) in [5, 5.41) is 2.81. The highest BCUT2D eigenvalue weighted by Gasteiger charge is 2.23. The molecule has 1 aliphatic rings. The van der Waals surface area contributed by atoms with E-state index in [1.54, 1.807) is 25.3 Å². The Morgan fingerprint density at radius 1 is 0.963 bits per heavy atom. The van der Waals surface area contributed by atoms with E-state index >= 15 is 0 Å². The van der Waals surface area contributed by atoms with Gasteiger partial charge in [-0.15, -0.1) is 0 Å². The molecule has 1 heterocycles. The van der Waals surface area contributed by atoms with Crippen LogP contribution < -0.4 is 19.5 Å². The molecule has 0 radical (unpaired) electrons. The predicted molar refractivity (Wildman–Crippen MR) is 105 cm³/mol. The molecule has 0 aliphatic carbocycles. The van der Waals surface area contributed by atoms with Gasteiger partial charge in [0.2, 0.25) is 5.75 Å². The maximum Gasteiger partial charge on any atom is 0.275 e. The zero-order chi connectivity index (χ0) is 19.4. The van der Waals surface area contributed by atoms with E-state index < -0.39 is 0 Å². The summed E-state index contributed by atoms with van der Waals surface area (Å²) in [6, 6.07) is 11.5. The molecule has 140 valence electrons. The molecule has 1 amide bonds. The molecule has 3 rings (SSSR count). The fourth-order valence-corrected chi connectivity index (χ4v) is 2.89. The first-order valence-electron chi connectivity index (χ1n) is 8.61. The topological polar surface area (TPSA) is 69.1 Å². The summed E-state index contributed by atoms with van der Waals surface area (Å²) in [6.45, 7) is 2.10. The first-order valence-corrected chi connectivity index (χ1v) is 8.61. The van der Waals surface area contributed by atoms with Crippen molar-refractivity contribution in [2.45, 2.75) is 13.3 Å². The normalized spacial score (nSPS) is 14.7. The molecule has 27 heavy (non-hydrogen) atoms. The minimum Gasteiger partial charge on any atom is -0.493 e. The number of amidine groups is 1.